The first-order chi connectivity index (χ1) is 15.3. The number of likely N-dealkylation sites (tertiary alicyclic amines) is 1. The van der Waals surface area contributed by atoms with Gasteiger partial charge in [0.2, 0.25) is 0 Å². The number of rotatable bonds is 5. The van der Waals surface area contributed by atoms with Crippen LogP contribution < -0.4 is 4.74 Å². The van der Waals surface area contributed by atoms with Gasteiger partial charge in [0.15, 0.2) is 0 Å². The lowest BCUT2D eigenvalue weighted by Crippen LogP contribution is -2.40. The van der Waals surface area contributed by atoms with Gasteiger partial charge in [-0.25, -0.2) is 0 Å². The van der Waals surface area contributed by atoms with E-state index in [9.17, 15) is 14.7 Å². The molecule has 1 aliphatic heterocycles. The molecule has 2 aromatic rings. The van der Waals surface area contributed by atoms with Gasteiger partial charge in [-0.15, -0.1) is 0 Å². The second-order valence-electron chi connectivity index (χ2n) is 9.09. The van der Waals surface area contributed by atoms with Gasteiger partial charge in [-0.05, 0) is 76.4 Å². The van der Waals surface area contributed by atoms with E-state index in [2.05, 4.69) is 0 Å². The number of ether oxygens (including phenoxy) is 1. The second kappa shape index (κ2) is 8.85. The van der Waals surface area contributed by atoms with Gasteiger partial charge in [-0.2, -0.15) is 0 Å². The molecule has 170 valence electrons. The molecule has 32 heavy (non-hydrogen) atoms. The SMILES string of the molecule is Cc1ccc(C2/C(=C(/O)c3ccc(OC(C)C)c(C)c3)C(=O)C(=O)N2C2CCCCC2)o1. The van der Waals surface area contributed by atoms with Crippen molar-refractivity contribution in [2.75, 3.05) is 0 Å². The van der Waals surface area contributed by atoms with Crippen molar-refractivity contribution < 1.29 is 23.8 Å². The molecule has 2 heterocycles. The molecule has 0 bridgehead atoms. The molecule has 2 fully saturated rings. The summed E-state index contributed by atoms with van der Waals surface area (Å²) in [5, 5.41) is 11.3. The lowest BCUT2D eigenvalue weighted by molar-refractivity contribution is -0.142. The highest BCUT2D eigenvalue weighted by Crippen LogP contribution is 2.43. The number of Topliss-reactive ketones (excluding diaryl/α,β-unsaturated/α-hetero) is 1. The third kappa shape index (κ3) is 4.06. The molecule has 1 aromatic heterocycles. The summed E-state index contributed by atoms with van der Waals surface area (Å²) in [5.74, 6) is 0.518. The Morgan fingerprint density at radius 2 is 1.81 bits per heavy atom. The van der Waals surface area contributed by atoms with Crippen LogP contribution in [0.4, 0.5) is 0 Å². The van der Waals surface area contributed by atoms with Gasteiger partial charge < -0.3 is 19.2 Å². The van der Waals surface area contributed by atoms with Crippen molar-refractivity contribution in [3.63, 3.8) is 0 Å². The van der Waals surface area contributed by atoms with Crippen LogP contribution in [-0.2, 0) is 9.59 Å². The van der Waals surface area contributed by atoms with Crippen LogP contribution in [0.5, 0.6) is 5.75 Å². The molecule has 0 spiro atoms. The van der Waals surface area contributed by atoms with E-state index in [1.807, 2.05) is 33.8 Å². The van der Waals surface area contributed by atoms with Crippen molar-refractivity contribution in [3.8, 4) is 5.75 Å². The maximum Gasteiger partial charge on any atom is 0.296 e. The molecule has 1 unspecified atom stereocenters. The Hall–Kier alpha value is -3.02. The highest BCUT2D eigenvalue weighted by Gasteiger charge is 2.50. The summed E-state index contributed by atoms with van der Waals surface area (Å²) in [6, 6.07) is 8.14. The number of hydrogen-bond donors (Lipinski definition) is 1. The van der Waals surface area contributed by atoms with Crippen LogP contribution in [0.2, 0.25) is 0 Å². The lowest BCUT2D eigenvalue weighted by atomic mass is 9.92. The largest absolute Gasteiger partial charge is 0.507 e. The van der Waals surface area contributed by atoms with Gasteiger partial charge in [-0.1, -0.05) is 19.3 Å². The molecule has 1 saturated heterocycles. The Morgan fingerprint density at radius 1 is 1.09 bits per heavy atom. The van der Waals surface area contributed by atoms with Crippen LogP contribution in [0.1, 0.15) is 74.6 Å². The fourth-order valence-electron chi connectivity index (χ4n) is 4.80. The number of carbonyl (C=O) groups excluding carboxylic acids is 2. The monoisotopic (exact) mass is 437 g/mol. The van der Waals surface area contributed by atoms with Crippen molar-refractivity contribution in [2.24, 2.45) is 0 Å². The van der Waals surface area contributed by atoms with E-state index in [1.165, 1.54) is 0 Å². The third-order valence-electron chi connectivity index (χ3n) is 6.29. The standard InChI is InChI=1S/C26H31NO5/c1-15(2)31-20-13-11-18(14-16(20)3)24(28)22-23(21-12-10-17(4)32-21)27(26(30)25(22)29)19-8-6-5-7-9-19/h10-15,19,23,28H,5-9H2,1-4H3/b24-22-. The fraction of sp³-hybridized carbons (Fsp3) is 0.462. The zero-order valence-corrected chi connectivity index (χ0v) is 19.2. The van der Waals surface area contributed by atoms with Crippen LogP contribution >= 0.6 is 0 Å². The minimum absolute atomic E-state index is 0.0242. The number of aliphatic hydroxyl groups excluding tert-OH is 1. The van der Waals surface area contributed by atoms with Gasteiger partial charge in [0.1, 0.15) is 29.1 Å². The van der Waals surface area contributed by atoms with Gasteiger partial charge in [-0.3, -0.25) is 9.59 Å². The van der Waals surface area contributed by atoms with E-state index in [0.717, 1.165) is 43.4 Å². The molecule has 1 amide bonds. The number of aliphatic hydroxyl groups is 1. The van der Waals surface area contributed by atoms with Crippen LogP contribution in [0.15, 0.2) is 40.3 Å². The summed E-state index contributed by atoms with van der Waals surface area (Å²) in [4.78, 5) is 28.0. The molecule has 1 aromatic carbocycles. The molecule has 4 rings (SSSR count). The molecule has 1 atom stereocenters. The highest BCUT2D eigenvalue weighted by atomic mass is 16.5. The predicted octanol–water partition coefficient (Wildman–Crippen LogP) is 5.44. The van der Waals surface area contributed by atoms with Crippen LogP contribution in [0.3, 0.4) is 0 Å². The summed E-state index contributed by atoms with van der Waals surface area (Å²) in [7, 11) is 0. The Kier molecular flexibility index (Phi) is 6.13. The number of nitrogens with zero attached hydrogens (tertiary/aromatic N) is 1. The molecule has 0 radical (unpaired) electrons. The van der Waals surface area contributed by atoms with Gasteiger partial charge >= 0.3 is 0 Å². The van der Waals surface area contributed by atoms with Crippen molar-refractivity contribution in [2.45, 2.75) is 78.0 Å². The lowest BCUT2D eigenvalue weighted by Gasteiger charge is -2.34. The maximum absolute atomic E-state index is 13.2. The molecular weight excluding hydrogens is 406 g/mol. The fourth-order valence-corrected chi connectivity index (χ4v) is 4.80. The average molecular weight is 438 g/mol. The minimum Gasteiger partial charge on any atom is -0.507 e. The zero-order chi connectivity index (χ0) is 23.0. The smallest absolute Gasteiger partial charge is 0.296 e. The van der Waals surface area contributed by atoms with E-state index < -0.39 is 17.7 Å². The number of benzene rings is 1. The molecule has 1 aliphatic carbocycles. The Balaban J connectivity index is 1.81. The van der Waals surface area contributed by atoms with Crippen molar-refractivity contribution in [3.05, 3.63) is 58.6 Å². The number of carbonyl (C=O) groups is 2. The van der Waals surface area contributed by atoms with E-state index >= 15 is 0 Å². The van der Waals surface area contributed by atoms with E-state index in [1.54, 1.807) is 29.2 Å². The first kappa shape index (κ1) is 22.2. The Bertz CT molecular complexity index is 1060. The van der Waals surface area contributed by atoms with Gasteiger partial charge in [0.25, 0.3) is 11.7 Å². The number of hydrogen-bond acceptors (Lipinski definition) is 5. The molecule has 1 saturated carbocycles. The van der Waals surface area contributed by atoms with Gasteiger partial charge in [0.05, 0.1) is 11.7 Å². The first-order valence-corrected chi connectivity index (χ1v) is 11.4. The van der Waals surface area contributed by atoms with Crippen molar-refractivity contribution in [1.29, 1.82) is 0 Å². The predicted molar refractivity (Wildman–Crippen MR) is 121 cm³/mol. The van der Waals surface area contributed by atoms with Crippen LogP contribution in [-0.4, -0.2) is 33.8 Å². The number of furan rings is 1. The van der Waals surface area contributed by atoms with Crippen LogP contribution in [0.25, 0.3) is 5.76 Å². The van der Waals surface area contributed by atoms with E-state index in [0.29, 0.717) is 17.1 Å². The number of ketones is 1. The normalized spacial score (nSPS) is 21.5. The summed E-state index contributed by atoms with van der Waals surface area (Å²) >= 11 is 0. The van der Waals surface area contributed by atoms with Crippen LogP contribution in [0, 0.1) is 13.8 Å². The Morgan fingerprint density at radius 3 is 2.41 bits per heavy atom. The molecular formula is C26H31NO5. The molecule has 6 nitrogen and oxygen atoms in total. The van der Waals surface area contributed by atoms with Crippen molar-refractivity contribution in [1.82, 2.24) is 4.90 Å². The zero-order valence-electron chi connectivity index (χ0n) is 19.2. The number of aryl methyl sites for hydroxylation is 2. The van der Waals surface area contributed by atoms with E-state index in [4.69, 9.17) is 9.15 Å². The average Bonchev–Trinajstić information content (AvgIpc) is 3.30. The summed E-state index contributed by atoms with van der Waals surface area (Å²) in [6.07, 6.45) is 4.90. The number of amides is 1. The first-order valence-electron chi connectivity index (χ1n) is 11.4. The highest BCUT2D eigenvalue weighted by molar-refractivity contribution is 6.46. The molecule has 2 aliphatic rings. The Labute approximate surface area is 188 Å². The minimum atomic E-state index is -0.723. The van der Waals surface area contributed by atoms with Gasteiger partial charge in [0, 0.05) is 11.6 Å². The second-order valence-corrected chi connectivity index (χ2v) is 9.09. The van der Waals surface area contributed by atoms with Crippen molar-refractivity contribution >= 4 is 17.4 Å². The van der Waals surface area contributed by atoms with E-state index in [-0.39, 0.29) is 23.5 Å². The summed E-state index contributed by atoms with van der Waals surface area (Å²) in [5.41, 5.74) is 1.41. The maximum atomic E-state index is 13.2. The molecule has 1 N–H and O–H groups in total. The quantitative estimate of drug-likeness (QED) is 0.383. The summed E-state index contributed by atoms with van der Waals surface area (Å²) < 4.78 is 11.7. The summed E-state index contributed by atoms with van der Waals surface area (Å²) in [6.45, 7) is 7.62. The molecule has 6 heteroatoms. The third-order valence-corrected chi connectivity index (χ3v) is 6.29. The topological polar surface area (TPSA) is 80.0 Å².